The van der Waals surface area contributed by atoms with Crippen LogP contribution >= 0.6 is 11.8 Å². The van der Waals surface area contributed by atoms with Gasteiger partial charge in [0.2, 0.25) is 5.95 Å². The fourth-order valence-corrected chi connectivity index (χ4v) is 3.57. The van der Waals surface area contributed by atoms with E-state index in [0.29, 0.717) is 6.54 Å². The average Bonchev–Trinajstić information content (AvgIpc) is 2.79. The van der Waals surface area contributed by atoms with Crippen molar-refractivity contribution in [2.75, 3.05) is 42.1 Å². The maximum Gasteiger partial charge on any atom is 0.228 e. The second-order valence-corrected chi connectivity index (χ2v) is 7.20. The number of nitrogens with one attached hydrogen (secondary N) is 1. The number of hydrogen-bond donors (Lipinski definition) is 2. The zero-order valence-corrected chi connectivity index (χ0v) is 15.2. The Hall–Kier alpha value is -1.79. The minimum Gasteiger partial charge on any atom is -0.369 e. The van der Waals surface area contributed by atoms with E-state index in [-0.39, 0.29) is 0 Å². The molecule has 0 amide bonds. The Kier molecular flexibility index (Phi) is 5.58. The second-order valence-electron chi connectivity index (χ2n) is 6.22. The van der Waals surface area contributed by atoms with Crippen molar-refractivity contribution < 1.29 is 0 Å². The molecule has 0 aliphatic carbocycles. The monoisotopic (exact) mass is 343 g/mol. The number of rotatable bonds is 5. The number of fused-ring (bicyclic) bond motifs is 1. The van der Waals surface area contributed by atoms with Crippen molar-refractivity contribution in [2.45, 2.75) is 20.3 Å². The zero-order chi connectivity index (χ0) is 16.9. The lowest BCUT2D eigenvalue weighted by molar-refractivity contribution is 0.841. The van der Waals surface area contributed by atoms with Crippen LogP contribution in [0.2, 0.25) is 0 Å². The van der Waals surface area contributed by atoms with E-state index >= 15 is 0 Å². The number of aryl methyl sites for hydroxylation is 1. The third kappa shape index (κ3) is 3.99. The minimum absolute atomic E-state index is 0.676. The highest BCUT2D eigenvalue weighted by Gasteiger charge is 2.16. The van der Waals surface area contributed by atoms with Crippen molar-refractivity contribution in [3.05, 3.63) is 34.7 Å². The number of nitrogens with two attached hydrogens (primary N) is 1. The molecule has 6 heteroatoms. The number of aromatic nitrogens is 2. The largest absolute Gasteiger partial charge is 0.369 e. The first-order valence-electron chi connectivity index (χ1n) is 8.42. The summed E-state index contributed by atoms with van der Waals surface area (Å²) in [6.07, 6.45) is 0.925. The lowest BCUT2D eigenvalue weighted by Gasteiger charge is -2.22. The molecule has 1 aromatic carbocycles. The van der Waals surface area contributed by atoms with Crippen molar-refractivity contribution in [2.24, 2.45) is 5.73 Å². The van der Waals surface area contributed by atoms with E-state index in [1.54, 1.807) is 0 Å². The van der Waals surface area contributed by atoms with Crippen LogP contribution in [-0.2, 0) is 0 Å². The first-order valence-corrected chi connectivity index (χ1v) is 9.47. The summed E-state index contributed by atoms with van der Waals surface area (Å²) in [6, 6.07) is 6.33. The second kappa shape index (κ2) is 7.85. The summed E-state index contributed by atoms with van der Waals surface area (Å²) < 4.78 is 0. The van der Waals surface area contributed by atoms with E-state index in [9.17, 15) is 0 Å². The molecule has 0 saturated carbocycles. The maximum atomic E-state index is 5.62. The van der Waals surface area contributed by atoms with Crippen molar-refractivity contribution in [1.29, 1.82) is 0 Å². The van der Waals surface area contributed by atoms with E-state index in [2.05, 4.69) is 47.7 Å². The molecule has 0 fully saturated rings. The molecule has 24 heavy (non-hydrogen) atoms. The van der Waals surface area contributed by atoms with Gasteiger partial charge in [-0.1, -0.05) is 11.6 Å². The molecule has 128 valence electrons. The van der Waals surface area contributed by atoms with Gasteiger partial charge in [-0.15, -0.1) is 11.8 Å². The molecule has 2 heterocycles. The topological polar surface area (TPSA) is 67.1 Å². The highest BCUT2D eigenvalue weighted by molar-refractivity contribution is 8.02. The number of thioether (sulfide) groups is 1. The molecule has 5 nitrogen and oxygen atoms in total. The zero-order valence-electron chi connectivity index (χ0n) is 14.4. The number of anilines is 2. The van der Waals surface area contributed by atoms with Gasteiger partial charge in [0.25, 0.3) is 0 Å². The van der Waals surface area contributed by atoms with Crippen molar-refractivity contribution in [3.8, 4) is 0 Å². The molecule has 1 aliphatic heterocycles. The van der Waals surface area contributed by atoms with Crippen molar-refractivity contribution in [3.63, 3.8) is 0 Å². The van der Waals surface area contributed by atoms with Gasteiger partial charge in [-0.3, -0.25) is 0 Å². The van der Waals surface area contributed by atoms with Crippen LogP contribution in [0, 0.1) is 6.92 Å². The summed E-state index contributed by atoms with van der Waals surface area (Å²) in [5.74, 6) is 2.77. The van der Waals surface area contributed by atoms with Crippen LogP contribution in [0.15, 0.2) is 29.2 Å². The smallest absolute Gasteiger partial charge is 0.228 e. The molecule has 3 N–H and O–H groups in total. The standard InChI is InChI=1S/C18H25N5S/c1-13-4-5-16-15(10-13)17(20-7-3-6-19)22-18(21-16)23-8-9-24-12-14(2)11-23/h4-5,10,12H,3,6-9,11,19H2,1-2H3,(H,20,21,22). The minimum atomic E-state index is 0.676. The Morgan fingerprint density at radius 2 is 2.17 bits per heavy atom. The molecule has 1 aliphatic rings. The molecule has 0 radical (unpaired) electrons. The van der Waals surface area contributed by atoms with Gasteiger partial charge in [0, 0.05) is 30.8 Å². The summed E-state index contributed by atoms with van der Waals surface area (Å²) in [4.78, 5) is 11.9. The van der Waals surface area contributed by atoms with E-state index in [1.807, 2.05) is 11.8 Å². The van der Waals surface area contributed by atoms with E-state index < -0.39 is 0 Å². The number of nitrogens with zero attached hydrogens (tertiary/aromatic N) is 3. The van der Waals surface area contributed by atoms with Crippen LogP contribution in [-0.4, -0.2) is 41.9 Å². The molecular formula is C18H25N5S. The Morgan fingerprint density at radius 1 is 1.29 bits per heavy atom. The molecule has 2 aromatic rings. The van der Waals surface area contributed by atoms with Gasteiger partial charge >= 0.3 is 0 Å². The van der Waals surface area contributed by atoms with Crippen molar-refractivity contribution >= 4 is 34.4 Å². The molecule has 0 bridgehead atoms. The Labute approximate surface area is 147 Å². The van der Waals surface area contributed by atoms with Crippen LogP contribution in [0.5, 0.6) is 0 Å². The van der Waals surface area contributed by atoms with E-state index in [4.69, 9.17) is 15.7 Å². The number of benzene rings is 1. The normalized spacial score (nSPS) is 15.3. The van der Waals surface area contributed by atoms with Crippen LogP contribution in [0.1, 0.15) is 18.9 Å². The fraction of sp³-hybridized carbons (Fsp3) is 0.444. The van der Waals surface area contributed by atoms with Crippen LogP contribution in [0.4, 0.5) is 11.8 Å². The molecule has 0 spiro atoms. The van der Waals surface area contributed by atoms with E-state index in [1.165, 1.54) is 11.1 Å². The van der Waals surface area contributed by atoms with Gasteiger partial charge < -0.3 is 16.0 Å². The lowest BCUT2D eigenvalue weighted by atomic mass is 10.1. The maximum absolute atomic E-state index is 5.62. The summed E-state index contributed by atoms with van der Waals surface area (Å²) in [7, 11) is 0. The quantitative estimate of drug-likeness (QED) is 0.813. The Balaban J connectivity index is 1.98. The highest BCUT2D eigenvalue weighted by Crippen LogP contribution is 2.26. The molecule has 0 saturated heterocycles. The van der Waals surface area contributed by atoms with Gasteiger partial charge in [-0.05, 0) is 49.9 Å². The summed E-state index contributed by atoms with van der Waals surface area (Å²) in [5.41, 5.74) is 9.17. The first kappa shape index (κ1) is 17.0. The van der Waals surface area contributed by atoms with Gasteiger partial charge in [-0.25, -0.2) is 4.98 Å². The average molecular weight is 344 g/mol. The van der Waals surface area contributed by atoms with Gasteiger partial charge in [-0.2, -0.15) is 4.98 Å². The molecule has 0 atom stereocenters. The Bertz CT molecular complexity index is 744. The SMILES string of the molecule is CC1=CSCCN(c2nc(NCCCN)c3cc(C)ccc3n2)C1. The highest BCUT2D eigenvalue weighted by atomic mass is 32.2. The number of hydrogen-bond acceptors (Lipinski definition) is 6. The predicted molar refractivity (Wildman–Crippen MR) is 105 cm³/mol. The summed E-state index contributed by atoms with van der Waals surface area (Å²) in [5, 5.41) is 6.76. The third-order valence-electron chi connectivity index (χ3n) is 4.00. The van der Waals surface area contributed by atoms with Gasteiger partial charge in [0.05, 0.1) is 5.52 Å². The van der Waals surface area contributed by atoms with Crippen LogP contribution < -0.4 is 16.0 Å². The third-order valence-corrected chi connectivity index (χ3v) is 4.99. The molecule has 1 aromatic heterocycles. The Morgan fingerprint density at radius 3 is 3.00 bits per heavy atom. The van der Waals surface area contributed by atoms with Gasteiger partial charge in [0.1, 0.15) is 5.82 Å². The molecular weight excluding hydrogens is 318 g/mol. The van der Waals surface area contributed by atoms with Crippen LogP contribution in [0.25, 0.3) is 10.9 Å². The van der Waals surface area contributed by atoms with Crippen molar-refractivity contribution in [1.82, 2.24) is 9.97 Å². The first-order chi connectivity index (χ1) is 11.7. The lowest BCUT2D eigenvalue weighted by Crippen LogP contribution is -2.28. The van der Waals surface area contributed by atoms with E-state index in [0.717, 1.165) is 54.5 Å². The summed E-state index contributed by atoms with van der Waals surface area (Å²) >= 11 is 1.86. The van der Waals surface area contributed by atoms with Crippen LogP contribution in [0.3, 0.4) is 0 Å². The summed E-state index contributed by atoms with van der Waals surface area (Å²) in [6.45, 7) is 7.60. The molecule has 3 rings (SSSR count). The molecule has 0 unspecified atom stereocenters. The predicted octanol–water partition coefficient (Wildman–Crippen LogP) is 3.16. The fourth-order valence-electron chi connectivity index (χ4n) is 2.77. The van der Waals surface area contributed by atoms with Gasteiger partial charge in [0.15, 0.2) is 0 Å².